The Kier molecular flexibility index (Phi) is 12.9. The molecule has 0 spiro atoms. The highest BCUT2D eigenvalue weighted by Crippen LogP contribution is 2.59. The minimum Gasteiger partial charge on any atom is -0.462 e. The zero-order valence-electron chi connectivity index (χ0n) is 26.9. The second kappa shape index (κ2) is 15.9. The minimum atomic E-state index is -1.63. The third-order valence-electron chi connectivity index (χ3n) is 9.67. The van der Waals surface area contributed by atoms with Crippen LogP contribution < -0.4 is 9.47 Å². The molecule has 2 aliphatic carbocycles. The van der Waals surface area contributed by atoms with E-state index in [2.05, 4.69) is 27.7 Å². The van der Waals surface area contributed by atoms with Crippen LogP contribution in [0.5, 0.6) is 11.5 Å². The number of esters is 4. The highest BCUT2D eigenvalue weighted by Gasteiger charge is 2.53. The van der Waals surface area contributed by atoms with Crippen LogP contribution >= 0.6 is 69.6 Å². The van der Waals surface area contributed by atoms with Gasteiger partial charge in [0.25, 0.3) is 0 Å². The van der Waals surface area contributed by atoms with E-state index in [1.165, 1.54) is 0 Å². The van der Waals surface area contributed by atoms with Crippen molar-refractivity contribution in [2.75, 3.05) is 13.2 Å². The van der Waals surface area contributed by atoms with Crippen LogP contribution in [0.15, 0.2) is 12.1 Å². The third kappa shape index (κ3) is 8.16. The van der Waals surface area contributed by atoms with Crippen LogP contribution in [0.1, 0.15) is 99.8 Å². The number of hydrogen-bond donors (Lipinski definition) is 0. The fraction of sp³-hybridized carbons (Fsp3) is 0.529. The maximum atomic E-state index is 13.2. The highest BCUT2D eigenvalue weighted by atomic mass is 35.5. The molecule has 4 unspecified atom stereocenters. The van der Waals surface area contributed by atoms with Gasteiger partial charge in [0.05, 0.1) is 43.3 Å². The Hall–Kier alpha value is -1.94. The molecule has 8 nitrogen and oxygen atoms in total. The molecule has 2 saturated carbocycles. The topological polar surface area (TPSA) is 105 Å². The number of rotatable bonds is 14. The number of carbonyl (C=O) groups excluding carboxylic acids is 4. The Labute approximate surface area is 309 Å². The molecule has 2 aromatic carbocycles. The molecule has 0 bridgehead atoms. The maximum absolute atomic E-state index is 13.2. The van der Waals surface area contributed by atoms with Crippen molar-refractivity contribution in [1.82, 2.24) is 0 Å². The van der Waals surface area contributed by atoms with Gasteiger partial charge in [0.1, 0.15) is 11.1 Å². The summed E-state index contributed by atoms with van der Waals surface area (Å²) in [5.74, 6) is -5.99. The summed E-state index contributed by atoms with van der Waals surface area (Å²) in [7, 11) is 0. The molecule has 0 saturated heterocycles. The molecule has 4 atom stereocenters. The van der Waals surface area contributed by atoms with Gasteiger partial charge in [-0.05, 0) is 60.5 Å². The molecule has 2 fully saturated rings. The average molecular weight is 785 g/mol. The average Bonchev–Trinajstić information content (AvgIpc) is 3.94. The molecule has 0 heterocycles. The van der Waals surface area contributed by atoms with E-state index in [-0.39, 0.29) is 66.0 Å². The Balaban J connectivity index is 1.51. The summed E-state index contributed by atoms with van der Waals surface area (Å²) in [5, 5.41) is -1.43. The van der Waals surface area contributed by atoms with Crippen LogP contribution in [0, 0.1) is 22.7 Å². The first-order valence-electron chi connectivity index (χ1n) is 15.8. The number of ether oxygens (including phenoxy) is 4. The highest BCUT2D eigenvalue weighted by molar-refractivity contribution is 6.47. The van der Waals surface area contributed by atoms with Crippen molar-refractivity contribution in [2.24, 2.45) is 22.7 Å². The van der Waals surface area contributed by atoms with E-state index in [4.69, 9.17) is 88.6 Å². The molecule has 48 heavy (non-hydrogen) atoms. The Morgan fingerprint density at radius 1 is 0.625 bits per heavy atom. The molecule has 2 aromatic rings. The summed E-state index contributed by atoms with van der Waals surface area (Å²) in [5.41, 5.74) is -0.685. The monoisotopic (exact) mass is 782 g/mol. The van der Waals surface area contributed by atoms with E-state index in [0.717, 1.165) is 63.5 Å². The van der Waals surface area contributed by atoms with E-state index in [1.807, 2.05) is 0 Å². The van der Waals surface area contributed by atoms with Crippen LogP contribution in [0.2, 0.25) is 30.1 Å². The number of hydrogen-bond acceptors (Lipinski definition) is 8. The van der Waals surface area contributed by atoms with E-state index in [0.29, 0.717) is 0 Å². The van der Waals surface area contributed by atoms with Gasteiger partial charge in [0.2, 0.25) is 0 Å². The van der Waals surface area contributed by atoms with E-state index in [9.17, 15) is 19.2 Å². The van der Waals surface area contributed by atoms with Crippen molar-refractivity contribution in [3.63, 3.8) is 0 Å². The van der Waals surface area contributed by atoms with E-state index < -0.39 is 46.5 Å². The van der Waals surface area contributed by atoms with Gasteiger partial charge in [-0.2, -0.15) is 0 Å². The number of halogens is 6. The fourth-order valence-corrected chi connectivity index (χ4v) is 8.09. The van der Waals surface area contributed by atoms with Crippen molar-refractivity contribution in [3.05, 3.63) is 53.4 Å². The molecule has 0 amide bonds. The van der Waals surface area contributed by atoms with Crippen molar-refractivity contribution >= 4 is 93.5 Å². The molecular weight excluding hydrogens is 749 g/mol. The molecule has 4 rings (SSSR count). The summed E-state index contributed by atoms with van der Waals surface area (Å²) in [4.78, 5) is 52.6. The lowest BCUT2D eigenvalue weighted by molar-refractivity contribution is -0.156. The van der Waals surface area contributed by atoms with E-state index in [1.54, 1.807) is 0 Å². The van der Waals surface area contributed by atoms with Gasteiger partial charge in [0, 0.05) is 0 Å². The van der Waals surface area contributed by atoms with Gasteiger partial charge in [-0.1, -0.05) is 123 Å². The minimum absolute atomic E-state index is 0.105. The number of carbonyl (C=O) groups is 4. The largest absolute Gasteiger partial charge is 0.462 e. The van der Waals surface area contributed by atoms with Crippen LogP contribution in [0.25, 0.3) is 0 Å². The van der Waals surface area contributed by atoms with Crippen LogP contribution in [-0.4, -0.2) is 37.1 Å². The molecule has 2 aliphatic rings. The van der Waals surface area contributed by atoms with Gasteiger partial charge in [-0.3, -0.25) is 0 Å². The molecule has 14 heteroatoms. The van der Waals surface area contributed by atoms with Crippen molar-refractivity contribution in [3.8, 4) is 11.5 Å². The van der Waals surface area contributed by atoms with Gasteiger partial charge < -0.3 is 18.9 Å². The third-order valence-corrected chi connectivity index (χ3v) is 11.8. The zero-order valence-corrected chi connectivity index (χ0v) is 31.4. The lowest BCUT2D eigenvalue weighted by Crippen LogP contribution is -2.27. The van der Waals surface area contributed by atoms with Crippen molar-refractivity contribution in [2.45, 2.75) is 79.1 Å². The molecule has 0 aromatic heterocycles. The summed E-state index contributed by atoms with van der Waals surface area (Å²) in [6.45, 7) is 8.59. The van der Waals surface area contributed by atoms with Gasteiger partial charge in [-0.15, -0.1) is 0 Å². The van der Waals surface area contributed by atoms with Gasteiger partial charge in [-0.25, -0.2) is 19.2 Å². The molecule has 0 N–H and O–H groups in total. The van der Waals surface area contributed by atoms with E-state index >= 15 is 0 Å². The summed E-state index contributed by atoms with van der Waals surface area (Å²) in [6, 6.07) is 2.27. The first kappa shape index (κ1) is 38.9. The molecular formula is C34H36Cl6O8. The lowest BCUT2D eigenvalue weighted by atomic mass is 9.95. The maximum Gasteiger partial charge on any atom is 0.423 e. The predicted molar refractivity (Wildman–Crippen MR) is 186 cm³/mol. The summed E-state index contributed by atoms with van der Waals surface area (Å²) >= 11 is 37.6. The van der Waals surface area contributed by atoms with Crippen LogP contribution in [0.3, 0.4) is 0 Å². The normalized spacial score (nSPS) is 22.5. The van der Waals surface area contributed by atoms with Crippen LogP contribution in [0.4, 0.5) is 0 Å². The fourth-order valence-electron chi connectivity index (χ4n) is 6.65. The molecule has 0 radical (unpaired) electrons. The lowest BCUT2D eigenvalue weighted by Gasteiger charge is -2.17. The van der Waals surface area contributed by atoms with Crippen molar-refractivity contribution in [1.29, 1.82) is 0 Å². The first-order valence-corrected chi connectivity index (χ1v) is 18.1. The number of benzene rings is 2. The standard InChI is InChI=1S/C34H36Cl6O8/c1-5-9-33(7-3)13-17(33)15-45-29(41)23-25(39)19(35)11-21(37)27(23)47-31(43)32(44)48-28-22(38)12-20(36)26(40)24(28)30(42)46-16-18-14-34(18,8-4)10-6-2/h11-12,17-18H,5-10,13-16H2,1-4H3. The molecule has 262 valence electrons. The Bertz CT molecular complexity index is 1500. The Morgan fingerprint density at radius 2 is 0.979 bits per heavy atom. The Morgan fingerprint density at radius 3 is 1.29 bits per heavy atom. The van der Waals surface area contributed by atoms with Gasteiger partial charge in [0.15, 0.2) is 11.5 Å². The first-order chi connectivity index (χ1) is 22.7. The second-order valence-corrected chi connectivity index (χ2v) is 14.8. The molecule has 0 aliphatic heterocycles. The van der Waals surface area contributed by atoms with Gasteiger partial charge >= 0.3 is 23.9 Å². The predicted octanol–water partition coefficient (Wildman–Crippen LogP) is 10.9. The quantitative estimate of drug-likeness (QED) is 0.0807. The van der Waals surface area contributed by atoms with Crippen LogP contribution in [-0.2, 0) is 19.1 Å². The van der Waals surface area contributed by atoms with Crippen molar-refractivity contribution < 1.29 is 38.1 Å². The smallest absolute Gasteiger partial charge is 0.423 e. The second-order valence-electron chi connectivity index (χ2n) is 12.4. The zero-order chi connectivity index (χ0) is 35.6. The summed E-state index contributed by atoms with van der Waals surface area (Å²) in [6.07, 6.45) is 7.71. The SMILES string of the molecule is CCCC1(CC)CC1COC(=O)c1c(Cl)c(Cl)cc(Cl)c1OC(=O)C(=O)Oc1c(Cl)cc(Cl)c(Cl)c1C(=O)OCC1CC1(CC)CCC. The summed E-state index contributed by atoms with van der Waals surface area (Å²) < 4.78 is 21.5.